The van der Waals surface area contributed by atoms with E-state index in [1.165, 1.54) is 25.7 Å². The van der Waals surface area contributed by atoms with Gasteiger partial charge in [-0.3, -0.25) is 4.90 Å². The summed E-state index contributed by atoms with van der Waals surface area (Å²) < 4.78 is 24.1. The maximum Gasteiger partial charge on any atom is 0.251 e. The Labute approximate surface area is 84.4 Å². The average Bonchev–Trinajstić information content (AvgIpc) is 2.53. The molecule has 0 heterocycles. The Hall–Kier alpha value is -0.220. The van der Waals surface area contributed by atoms with Crippen LogP contribution in [0.25, 0.3) is 0 Å². The fraction of sp³-hybridized carbons (Fsp3) is 1.00. The van der Waals surface area contributed by atoms with Crippen LogP contribution < -0.4 is 5.73 Å². The van der Waals surface area contributed by atoms with Gasteiger partial charge in [0.05, 0.1) is 6.54 Å². The first-order chi connectivity index (χ1) is 6.59. The summed E-state index contributed by atoms with van der Waals surface area (Å²) in [6, 6.07) is 0.0706. The molecule has 1 aliphatic rings. The first-order valence-electron chi connectivity index (χ1n) is 5.32. The van der Waals surface area contributed by atoms with Gasteiger partial charge in [0, 0.05) is 12.6 Å². The summed E-state index contributed by atoms with van der Waals surface area (Å²) in [4.78, 5) is 1.63. The summed E-state index contributed by atoms with van der Waals surface area (Å²) in [5.74, 6) is 0.551. The zero-order chi connectivity index (χ0) is 10.6. The molecule has 0 bridgehead atoms. The molecule has 14 heavy (non-hydrogen) atoms. The van der Waals surface area contributed by atoms with Crippen LogP contribution in [-0.4, -0.2) is 37.5 Å². The summed E-state index contributed by atoms with van der Waals surface area (Å²) >= 11 is 0. The van der Waals surface area contributed by atoms with Gasteiger partial charge in [-0.2, -0.15) is 0 Å². The lowest BCUT2D eigenvalue weighted by Gasteiger charge is -2.24. The van der Waals surface area contributed by atoms with E-state index in [0.29, 0.717) is 12.5 Å². The Kier molecular flexibility index (Phi) is 4.75. The van der Waals surface area contributed by atoms with Crippen molar-refractivity contribution >= 4 is 0 Å². The van der Waals surface area contributed by atoms with Crippen molar-refractivity contribution < 1.29 is 8.78 Å². The molecule has 1 unspecified atom stereocenters. The maximum atomic E-state index is 12.0. The van der Waals surface area contributed by atoms with Gasteiger partial charge in [-0.25, -0.2) is 8.78 Å². The highest BCUT2D eigenvalue weighted by molar-refractivity contribution is 4.79. The van der Waals surface area contributed by atoms with E-state index in [0.717, 1.165) is 0 Å². The summed E-state index contributed by atoms with van der Waals surface area (Å²) in [6.07, 6.45) is 2.58. The molecule has 0 saturated heterocycles. The number of alkyl halides is 2. The van der Waals surface area contributed by atoms with Crippen LogP contribution in [0.5, 0.6) is 0 Å². The van der Waals surface area contributed by atoms with Crippen LogP contribution in [0.3, 0.4) is 0 Å². The molecule has 1 saturated carbocycles. The first-order valence-corrected chi connectivity index (χ1v) is 5.32. The van der Waals surface area contributed by atoms with Crippen molar-refractivity contribution in [3.8, 4) is 0 Å². The molecule has 1 rings (SSSR count). The number of nitrogens with zero attached hydrogens (tertiary/aromatic N) is 1. The van der Waals surface area contributed by atoms with E-state index >= 15 is 0 Å². The van der Waals surface area contributed by atoms with E-state index in [2.05, 4.69) is 0 Å². The van der Waals surface area contributed by atoms with Gasteiger partial charge >= 0.3 is 0 Å². The fourth-order valence-corrected chi connectivity index (χ4v) is 2.20. The van der Waals surface area contributed by atoms with Crippen molar-refractivity contribution in [1.29, 1.82) is 0 Å². The number of likely N-dealkylation sites (N-methyl/N-ethyl adjacent to an activating group) is 1. The highest BCUT2D eigenvalue weighted by atomic mass is 19.3. The van der Waals surface area contributed by atoms with Gasteiger partial charge in [-0.1, -0.05) is 12.8 Å². The van der Waals surface area contributed by atoms with Gasteiger partial charge in [0.1, 0.15) is 0 Å². The molecule has 2 nitrogen and oxygen atoms in total. The minimum Gasteiger partial charge on any atom is -0.326 e. The van der Waals surface area contributed by atoms with Gasteiger partial charge in [0.15, 0.2) is 0 Å². The lowest BCUT2D eigenvalue weighted by molar-refractivity contribution is 0.0947. The summed E-state index contributed by atoms with van der Waals surface area (Å²) in [7, 11) is 1.71. The van der Waals surface area contributed by atoms with E-state index in [1.54, 1.807) is 11.9 Å². The van der Waals surface area contributed by atoms with Crippen LogP contribution in [-0.2, 0) is 0 Å². The van der Waals surface area contributed by atoms with Crippen LogP contribution in [0.15, 0.2) is 0 Å². The van der Waals surface area contributed by atoms with Crippen LogP contribution in [0, 0.1) is 5.92 Å². The highest BCUT2D eigenvalue weighted by Crippen LogP contribution is 2.27. The molecule has 0 aromatic rings. The molecule has 4 heteroatoms. The molecule has 2 N–H and O–H groups in total. The molecular weight excluding hydrogens is 186 g/mol. The quantitative estimate of drug-likeness (QED) is 0.742. The normalized spacial score (nSPS) is 21.0. The molecule has 84 valence electrons. The molecule has 1 fully saturated rings. The smallest absolute Gasteiger partial charge is 0.251 e. The largest absolute Gasteiger partial charge is 0.326 e. The monoisotopic (exact) mass is 206 g/mol. The van der Waals surface area contributed by atoms with Crippen molar-refractivity contribution in [1.82, 2.24) is 4.90 Å². The number of halogens is 2. The van der Waals surface area contributed by atoms with Crippen molar-refractivity contribution in [3.63, 3.8) is 0 Å². The predicted octanol–water partition coefficient (Wildman–Crippen LogP) is 1.70. The van der Waals surface area contributed by atoms with Gasteiger partial charge in [-0.15, -0.1) is 0 Å². The van der Waals surface area contributed by atoms with E-state index < -0.39 is 6.43 Å². The Balaban J connectivity index is 2.21. The second kappa shape index (κ2) is 5.61. The SMILES string of the molecule is CN(CC(F)F)CC(N)C1CCCC1. The van der Waals surface area contributed by atoms with Crippen molar-refractivity contribution in [2.45, 2.75) is 38.2 Å². The molecule has 0 radical (unpaired) electrons. The summed E-state index contributed by atoms with van der Waals surface area (Å²) in [6.45, 7) is 0.426. The second-order valence-electron chi connectivity index (χ2n) is 4.32. The molecule has 0 amide bonds. The zero-order valence-electron chi connectivity index (χ0n) is 8.76. The van der Waals surface area contributed by atoms with E-state index in [4.69, 9.17) is 5.73 Å². The summed E-state index contributed by atoms with van der Waals surface area (Å²) in [5.41, 5.74) is 5.97. The third-order valence-corrected chi connectivity index (χ3v) is 2.98. The Bertz CT molecular complexity index is 158. The zero-order valence-corrected chi connectivity index (χ0v) is 8.76. The van der Waals surface area contributed by atoms with Gasteiger partial charge in [0.2, 0.25) is 0 Å². The fourth-order valence-electron chi connectivity index (χ4n) is 2.20. The van der Waals surface area contributed by atoms with Crippen LogP contribution >= 0.6 is 0 Å². The maximum absolute atomic E-state index is 12.0. The van der Waals surface area contributed by atoms with Crippen molar-refractivity contribution in [3.05, 3.63) is 0 Å². The lowest BCUT2D eigenvalue weighted by atomic mass is 9.99. The van der Waals surface area contributed by atoms with Crippen LogP contribution in [0.4, 0.5) is 8.78 Å². The van der Waals surface area contributed by atoms with Gasteiger partial charge in [0.25, 0.3) is 6.43 Å². The van der Waals surface area contributed by atoms with Gasteiger partial charge in [-0.05, 0) is 25.8 Å². The molecule has 0 aromatic carbocycles. The van der Waals surface area contributed by atoms with E-state index in [1.807, 2.05) is 0 Å². The standard InChI is InChI=1S/C10H20F2N2/c1-14(7-10(11)12)6-9(13)8-4-2-3-5-8/h8-10H,2-7,13H2,1H3. The molecular formula is C10H20F2N2. The third kappa shape index (κ3) is 3.88. The van der Waals surface area contributed by atoms with E-state index in [9.17, 15) is 8.78 Å². The Morgan fingerprint density at radius 3 is 2.36 bits per heavy atom. The van der Waals surface area contributed by atoms with Crippen molar-refractivity contribution in [2.24, 2.45) is 11.7 Å². The third-order valence-electron chi connectivity index (χ3n) is 2.98. The van der Waals surface area contributed by atoms with E-state index in [-0.39, 0.29) is 12.6 Å². The predicted molar refractivity (Wildman–Crippen MR) is 53.4 cm³/mol. The number of rotatable bonds is 5. The number of nitrogens with two attached hydrogens (primary N) is 1. The molecule has 1 atom stereocenters. The number of hydrogen-bond donors (Lipinski definition) is 1. The molecule has 0 spiro atoms. The minimum atomic E-state index is -2.25. The average molecular weight is 206 g/mol. The van der Waals surface area contributed by atoms with Crippen LogP contribution in [0.1, 0.15) is 25.7 Å². The lowest BCUT2D eigenvalue weighted by Crippen LogP contribution is -2.41. The summed E-state index contributed by atoms with van der Waals surface area (Å²) in [5, 5.41) is 0. The van der Waals surface area contributed by atoms with Crippen LogP contribution in [0.2, 0.25) is 0 Å². The van der Waals surface area contributed by atoms with Gasteiger partial charge < -0.3 is 5.73 Å². The molecule has 0 aliphatic heterocycles. The number of hydrogen-bond acceptors (Lipinski definition) is 2. The second-order valence-corrected chi connectivity index (χ2v) is 4.32. The molecule has 1 aliphatic carbocycles. The van der Waals surface area contributed by atoms with Crippen molar-refractivity contribution in [2.75, 3.05) is 20.1 Å². The highest BCUT2D eigenvalue weighted by Gasteiger charge is 2.23. The molecule has 0 aromatic heterocycles. The topological polar surface area (TPSA) is 29.3 Å². The minimum absolute atomic E-state index is 0.0706. The Morgan fingerprint density at radius 2 is 1.86 bits per heavy atom. The first kappa shape index (κ1) is 11.9. The Morgan fingerprint density at radius 1 is 1.29 bits per heavy atom.